The van der Waals surface area contributed by atoms with Crippen LogP contribution in [0.5, 0.6) is 11.9 Å². The summed E-state index contributed by atoms with van der Waals surface area (Å²) in [5.41, 5.74) is 0.0651. The molecule has 1 saturated carbocycles. The molecule has 1 aliphatic carbocycles. The largest absolute Gasteiger partial charge is 0.480 e. The van der Waals surface area contributed by atoms with E-state index < -0.39 is 12.3 Å². The zero-order chi connectivity index (χ0) is 18.4. The summed E-state index contributed by atoms with van der Waals surface area (Å²) in [4.78, 5) is 14.4. The lowest BCUT2D eigenvalue weighted by molar-refractivity contribution is -0.183. The Morgan fingerprint density at radius 2 is 2.12 bits per heavy atom. The molecule has 2 aromatic heterocycles. The average molecular weight is 366 g/mol. The van der Waals surface area contributed by atoms with Crippen LogP contribution in [0.2, 0.25) is 0 Å². The minimum Gasteiger partial charge on any atom is -0.480 e. The first-order valence-electron chi connectivity index (χ1n) is 8.32. The van der Waals surface area contributed by atoms with E-state index in [0.717, 1.165) is 12.8 Å². The van der Waals surface area contributed by atoms with Crippen molar-refractivity contribution >= 4 is 16.7 Å². The molecule has 0 amide bonds. The number of aryl methyl sites for hydroxylation is 1. The van der Waals surface area contributed by atoms with E-state index >= 15 is 0 Å². The van der Waals surface area contributed by atoms with Gasteiger partial charge in [0.05, 0.1) is 24.9 Å². The van der Waals surface area contributed by atoms with Gasteiger partial charge in [-0.25, -0.2) is 9.37 Å². The summed E-state index contributed by atoms with van der Waals surface area (Å²) < 4.78 is 30.6. The van der Waals surface area contributed by atoms with Crippen LogP contribution in [0.25, 0.3) is 10.9 Å². The number of rotatable bonds is 4. The monoisotopic (exact) mass is 366 g/mol. The van der Waals surface area contributed by atoms with Crippen LogP contribution in [0.3, 0.4) is 0 Å². The van der Waals surface area contributed by atoms with Crippen molar-refractivity contribution in [3.05, 3.63) is 11.5 Å². The van der Waals surface area contributed by atoms with Crippen molar-refractivity contribution in [3.63, 3.8) is 0 Å². The maximum atomic E-state index is 14.7. The summed E-state index contributed by atoms with van der Waals surface area (Å²) in [6.07, 6.45) is 1.72. The van der Waals surface area contributed by atoms with E-state index in [1.54, 1.807) is 0 Å². The minimum absolute atomic E-state index is 0.0441. The third-order valence-corrected chi connectivity index (χ3v) is 4.53. The second-order valence-electron chi connectivity index (χ2n) is 6.28. The maximum Gasteiger partial charge on any atom is 0.323 e. The van der Waals surface area contributed by atoms with Crippen LogP contribution >= 0.6 is 0 Å². The standard InChI is InChI=1S/C16H19FN4O5/c1-7-11(17)12-10(14(18-7)24-2)13(20-15(19-12)26-16(22)23)21-4-3-5-25-9-6-8(9)21/h8-9,16,22-23H,3-6H2,1-2H3. The maximum absolute atomic E-state index is 14.7. The predicted octanol–water partition coefficient (Wildman–Crippen LogP) is 0.496. The van der Waals surface area contributed by atoms with Crippen molar-refractivity contribution in [1.29, 1.82) is 0 Å². The van der Waals surface area contributed by atoms with E-state index in [1.165, 1.54) is 14.0 Å². The van der Waals surface area contributed by atoms with Crippen molar-refractivity contribution in [2.45, 2.75) is 38.4 Å². The second kappa shape index (κ2) is 6.45. The topological polar surface area (TPSA) is 110 Å². The summed E-state index contributed by atoms with van der Waals surface area (Å²) >= 11 is 0. The molecule has 2 atom stereocenters. The molecule has 2 unspecified atom stereocenters. The number of hydrogen-bond donors (Lipinski definition) is 2. The van der Waals surface area contributed by atoms with Gasteiger partial charge >= 0.3 is 12.5 Å². The van der Waals surface area contributed by atoms with Gasteiger partial charge in [0.2, 0.25) is 5.88 Å². The Hall–Kier alpha value is -2.30. The number of nitrogens with zero attached hydrogens (tertiary/aromatic N) is 4. The Bertz CT molecular complexity index is 849. The lowest BCUT2D eigenvalue weighted by Crippen LogP contribution is -2.29. The quantitative estimate of drug-likeness (QED) is 0.747. The van der Waals surface area contributed by atoms with Crippen LogP contribution in [0, 0.1) is 12.7 Å². The number of methoxy groups -OCH3 is 1. The van der Waals surface area contributed by atoms with Crippen molar-refractivity contribution in [2.24, 2.45) is 0 Å². The fourth-order valence-electron chi connectivity index (χ4n) is 3.28. The first-order valence-corrected chi connectivity index (χ1v) is 8.32. The van der Waals surface area contributed by atoms with Gasteiger partial charge in [-0.05, 0) is 19.8 Å². The molecule has 0 aromatic carbocycles. The highest BCUT2D eigenvalue weighted by atomic mass is 19.1. The van der Waals surface area contributed by atoms with Gasteiger partial charge in [0.1, 0.15) is 16.7 Å². The number of halogens is 1. The van der Waals surface area contributed by atoms with E-state index in [4.69, 9.17) is 24.4 Å². The van der Waals surface area contributed by atoms with Crippen molar-refractivity contribution in [3.8, 4) is 11.9 Å². The molecule has 2 aromatic rings. The molecule has 140 valence electrons. The van der Waals surface area contributed by atoms with Gasteiger partial charge in [0.15, 0.2) is 5.82 Å². The molecular weight excluding hydrogens is 347 g/mol. The molecule has 1 saturated heterocycles. The zero-order valence-corrected chi connectivity index (χ0v) is 14.3. The molecule has 0 bridgehead atoms. The first-order chi connectivity index (χ1) is 12.5. The molecule has 0 radical (unpaired) electrons. The Labute approximate surface area is 148 Å². The Kier molecular flexibility index (Phi) is 4.25. The Morgan fingerprint density at radius 1 is 1.31 bits per heavy atom. The number of pyridine rings is 1. The molecule has 2 fully saturated rings. The zero-order valence-electron chi connectivity index (χ0n) is 14.3. The van der Waals surface area contributed by atoms with Crippen LogP contribution in [0.15, 0.2) is 0 Å². The highest BCUT2D eigenvalue weighted by Crippen LogP contribution is 2.42. The van der Waals surface area contributed by atoms with Crippen molar-refractivity contribution in [1.82, 2.24) is 15.0 Å². The number of aliphatic hydroxyl groups is 2. The third kappa shape index (κ3) is 2.89. The van der Waals surface area contributed by atoms with Crippen LogP contribution in [0.1, 0.15) is 18.5 Å². The molecule has 2 aliphatic rings. The molecule has 26 heavy (non-hydrogen) atoms. The molecule has 2 N–H and O–H groups in total. The SMILES string of the molecule is COc1nc(C)c(F)c2nc(OC(O)O)nc(N3CCCOC4CC43)c12. The van der Waals surface area contributed by atoms with E-state index in [9.17, 15) is 4.39 Å². The van der Waals surface area contributed by atoms with Crippen LogP contribution in [-0.4, -0.2) is 64.0 Å². The number of aromatic nitrogens is 3. The summed E-state index contributed by atoms with van der Waals surface area (Å²) in [6.45, 7) is 0.668. The second-order valence-corrected chi connectivity index (χ2v) is 6.28. The van der Waals surface area contributed by atoms with E-state index in [-0.39, 0.29) is 35.2 Å². The van der Waals surface area contributed by atoms with Gasteiger partial charge in [-0.1, -0.05) is 0 Å². The first kappa shape index (κ1) is 17.1. The van der Waals surface area contributed by atoms with Gasteiger partial charge in [-0.2, -0.15) is 9.97 Å². The Balaban J connectivity index is 1.94. The fourth-order valence-corrected chi connectivity index (χ4v) is 3.28. The smallest absolute Gasteiger partial charge is 0.323 e. The molecule has 3 heterocycles. The lowest BCUT2D eigenvalue weighted by atomic mass is 10.2. The number of aliphatic hydroxyl groups excluding tert-OH is 1. The van der Waals surface area contributed by atoms with E-state index in [2.05, 4.69) is 15.0 Å². The lowest BCUT2D eigenvalue weighted by Gasteiger charge is -2.24. The van der Waals surface area contributed by atoms with Gasteiger partial charge in [-0.15, -0.1) is 0 Å². The van der Waals surface area contributed by atoms with Gasteiger partial charge in [-0.3, -0.25) is 0 Å². The highest BCUT2D eigenvalue weighted by molar-refractivity contribution is 5.95. The third-order valence-electron chi connectivity index (χ3n) is 4.53. The van der Waals surface area contributed by atoms with Crippen molar-refractivity contribution < 1.29 is 28.8 Å². The number of ether oxygens (including phenoxy) is 3. The molecule has 9 nitrogen and oxygen atoms in total. The number of fused-ring (bicyclic) bond motifs is 2. The molecule has 10 heteroatoms. The molecule has 0 spiro atoms. The molecule has 1 aliphatic heterocycles. The van der Waals surface area contributed by atoms with Gasteiger partial charge in [0.25, 0.3) is 0 Å². The van der Waals surface area contributed by atoms with E-state index in [0.29, 0.717) is 24.4 Å². The summed E-state index contributed by atoms with van der Waals surface area (Å²) in [5, 5.41) is 18.5. The molecule has 4 rings (SSSR count). The normalized spacial score (nSPS) is 22.3. The van der Waals surface area contributed by atoms with Crippen LogP contribution in [-0.2, 0) is 4.74 Å². The highest BCUT2D eigenvalue weighted by Gasteiger charge is 2.46. The number of hydrogen-bond acceptors (Lipinski definition) is 9. The fraction of sp³-hybridized carbons (Fsp3) is 0.562. The van der Waals surface area contributed by atoms with Gasteiger partial charge in [0, 0.05) is 13.2 Å². The van der Waals surface area contributed by atoms with Crippen LogP contribution in [0.4, 0.5) is 10.2 Å². The summed E-state index contributed by atoms with van der Waals surface area (Å²) in [6, 6.07) is -0.229. The Morgan fingerprint density at radius 3 is 2.85 bits per heavy atom. The van der Waals surface area contributed by atoms with Crippen molar-refractivity contribution in [2.75, 3.05) is 25.2 Å². The van der Waals surface area contributed by atoms with E-state index in [1.807, 2.05) is 4.90 Å². The summed E-state index contributed by atoms with van der Waals surface area (Å²) in [7, 11) is 1.44. The summed E-state index contributed by atoms with van der Waals surface area (Å²) in [5.74, 6) is -0.0561. The minimum atomic E-state index is -2.12. The predicted molar refractivity (Wildman–Crippen MR) is 87.5 cm³/mol. The average Bonchev–Trinajstić information content (AvgIpc) is 3.37. The van der Waals surface area contributed by atoms with Gasteiger partial charge < -0.3 is 29.3 Å². The number of anilines is 1. The van der Waals surface area contributed by atoms with Crippen LogP contribution < -0.4 is 14.4 Å². The molecular formula is C16H19FN4O5.